The van der Waals surface area contributed by atoms with Crippen molar-refractivity contribution in [2.75, 3.05) is 6.54 Å². The maximum atomic E-state index is 13.1. The topological polar surface area (TPSA) is 26.0 Å². The second-order valence-electron chi connectivity index (χ2n) is 4.83. The van der Waals surface area contributed by atoms with Gasteiger partial charge in [0.2, 0.25) is 0 Å². The summed E-state index contributed by atoms with van der Waals surface area (Å²) >= 11 is 6.03. The van der Waals surface area contributed by atoms with Crippen molar-refractivity contribution in [2.24, 2.45) is 5.73 Å². The zero-order valence-electron chi connectivity index (χ0n) is 9.86. The highest BCUT2D eigenvalue weighted by Crippen LogP contribution is 2.52. The Morgan fingerprint density at radius 2 is 1.94 bits per heavy atom. The standard InChI is InChI=1S/C13H15ClF3N/c14-10-4-1-3-9(13(15,16)17)11(10)12(7-8-18)5-2-6-12/h1,3-4H,2,5-8,18H2. The normalized spacial score (nSPS) is 18.5. The predicted octanol–water partition coefficient (Wildman–Crippen LogP) is 4.13. The first-order valence-corrected chi connectivity index (χ1v) is 6.35. The Labute approximate surface area is 109 Å². The maximum absolute atomic E-state index is 13.1. The molecule has 0 atom stereocenters. The molecule has 1 saturated carbocycles. The summed E-state index contributed by atoms with van der Waals surface area (Å²) in [5.41, 5.74) is 4.71. The molecule has 1 aliphatic carbocycles. The number of rotatable bonds is 3. The summed E-state index contributed by atoms with van der Waals surface area (Å²) in [6.07, 6.45) is -1.41. The van der Waals surface area contributed by atoms with E-state index in [4.69, 9.17) is 17.3 Å². The average Bonchev–Trinajstić information content (AvgIpc) is 2.22. The van der Waals surface area contributed by atoms with Crippen molar-refractivity contribution in [2.45, 2.75) is 37.3 Å². The highest BCUT2D eigenvalue weighted by atomic mass is 35.5. The van der Waals surface area contributed by atoms with E-state index in [9.17, 15) is 13.2 Å². The molecule has 1 aromatic rings. The molecule has 5 heteroatoms. The molecule has 0 saturated heterocycles. The molecule has 2 rings (SSSR count). The van der Waals surface area contributed by atoms with Crippen LogP contribution in [-0.4, -0.2) is 6.54 Å². The fourth-order valence-electron chi connectivity index (χ4n) is 2.80. The quantitative estimate of drug-likeness (QED) is 0.883. The number of alkyl halides is 3. The van der Waals surface area contributed by atoms with Gasteiger partial charge in [-0.1, -0.05) is 24.1 Å². The average molecular weight is 278 g/mol. The van der Waals surface area contributed by atoms with Gasteiger partial charge < -0.3 is 5.73 Å². The van der Waals surface area contributed by atoms with Gasteiger partial charge in [0, 0.05) is 5.02 Å². The van der Waals surface area contributed by atoms with Crippen molar-refractivity contribution in [1.29, 1.82) is 0 Å². The summed E-state index contributed by atoms with van der Waals surface area (Å²) in [7, 11) is 0. The highest BCUT2D eigenvalue weighted by Gasteiger charge is 2.45. The van der Waals surface area contributed by atoms with E-state index in [0.717, 1.165) is 25.3 Å². The molecule has 0 unspecified atom stereocenters. The lowest BCUT2D eigenvalue weighted by atomic mass is 9.61. The van der Waals surface area contributed by atoms with Crippen molar-refractivity contribution >= 4 is 11.6 Å². The van der Waals surface area contributed by atoms with Gasteiger partial charge in [-0.25, -0.2) is 0 Å². The van der Waals surface area contributed by atoms with Crippen molar-refractivity contribution < 1.29 is 13.2 Å². The number of nitrogens with two attached hydrogens (primary N) is 1. The molecular weight excluding hydrogens is 263 g/mol. The third kappa shape index (κ3) is 2.24. The summed E-state index contributed by atoms with van der Waals surface area (Å²) in [5.74, 6) is 0. The summed E-state index contributed by atoms with van der Waals surface area (Å²) in [6.45, 7) is 0.378. The van der Waals surface area contributed by atoms with E-state index in [-0.39, 0.29) is 10.6 Å². The van der Waals surface area contributed by atoms with Crippen LogP contribution in [0.25, 0.3) is 0 Å². The monoisotopic (exact) mass is 277 g/mol. The summed E-state index contributed by atoms with van der Waals surface area (Å²) in [4.78, 5) is 0. The minimum absolute atomic E-state index is 0.206. The van der Waals surface area contributed by atoms with Crippen LogP contribution in [0.2, 0.25) is 5.02 Å². The molecule has 1 fully saturated rings. The van der Waals surface area contributed by atoms with Crippen LogP contribution in [0.4, 0.5) is 13.2 Å². The molecule has 0 amide bonds. The Hall–Kier alpha value is -0.740. The molecule has 0 spiro atoms. The van der Waals surface area contributed by atoms with Gasteiger partial charge in [0.1, 0.15) is 0 Å². The minimum Gasteiger partial charge on any atom is -0.330 e. The van der Waals surface area contributed by atoms with E-state index in [1.54, 1.807) is 0 Å². The largest absolute Gasteiger partial charge is 0.416 e. The molecule has 0 aliphatic heterocycles. The van der Waals surface area contributed by atoms with Crippen molar-refractivity contribution in [3.05, 3.63) is 34.3 Å². The van der Waals surface area contributed by atoms with Gasteiger partial charge in [-0.2, -0.15) is 13.2 Å². The van der Waals surface area contributed by atoms with Crippen LogP contribution in [0.1, 0.15) is 36.8 Å². The smallest absolute Gasteiger partial charge is 0.330 e. The molecule has 100 valence electrons. The fraction of sp³-hybridized carbons (Fsp3) is 0.538. The van der Waals surface area contributed by atoms with Gasteiger partial charge in [0.05, 0.1) is 5.56 Å². The van der Waals surface area contributed by atoms with Crippen molar-refractivity contribution in [3.63, 3.8) is 0 Å². The summed E-state index contributed by atoms with van der Waals surface area (Å²) < 4.78 is 39.2. The molecule has 0 radical (unpaired) electrons. The van der Waals surface area contributed by atoms with Crippen LogP contribution >= 0.6 is 11.6 Å². The molecule has 2 N–H and O–H groups in total. The van der Waals surface area contributed by atoms with Crippen molar-refractivity contribution in [1.82, 2.24) is 0 Å². The maximum Gasteiger partial charge on any atom is 0.416 e. The van der Waals surface area contributed by atoms with Crippen LogP contribution in [0.5, 0.6) is 0 Å². The van der Waals surface area contributed by atoms with E-state index in [2.05, 4.69) is 0 Å². The second kappa shape index (κ2) is 4.74. The van der Waals surface area contributed by atoms with Gasteiger partial charge in [-0.15, -0.1) is 0 Å². The van der Waals surface area contributed by atoms with E-state index in [1.165, 1.54) is 12.1 Å². The van der Waals surface area contributed by atoms with Crippen LogP contribution in [-0.2, 0) is 11.6 Å². The first-order chi connectivity index (χ1) is 8.41. The first kappa shape index (κ1) is 13.7. The first-order valence-electron chi connectivity index (χ1n) is 5.97. The van der Waals surface area contributed by atoms with E-state index in [1.807, 2.05) is 0 Å². The Balaban J connectivity index is 2.55. The molecular formula is C13H15ClF3N. The molecule has 0 bridgehead atoms. The van der Waals surface area contributed by atoms with Gasteiger partial charge in [-0.3, -0.25) is 0 Å². The summed E-state index contributed by atoms with van der Waals surface area (Å²) in [6, 6.07) is 3.99. The second-order valence-corrected chi connectivity index (χ2v) is 5.24. The number of hydrogen-bond donors (Lipinski definition) is 1. The lowest BCUT2D eigenvalue weighted by Gasteiger charge is -2.44. The summed E-state index contributed by atoms with van der Waals surface area (Å²) in [5, 5.41) is 0.206. The van der Waals surface area contributed by atoms with E-state index >= 15 is 0 Å². The Bertz CT molecular complexity index is 438. The Morgan fingerprint density at radius 3 is 2.39 bits per heavy atom. The third-order valence-corrected chi connectivity index (χ3v) is 4.10. The lowest BCUT2D eigenvalue weighted by molar-refractivity contribution is -0.139. The molecule has 1 nitrogen and oxygen atoms in total. The lowest BCUT2D eigenvalue weighted by Crippen LogP contribution is -2.38. The number of benzene rings is 1. The molecule has 1 aliphatic rings. The highest BCUT2D eigenvalue weighted by molar-refractivity contribution is 6.31. The number of hydrogen-bond acceptors (Lipinski definition) is 1. The van der Waals surface area contributed by atoms with E-state index < -0.39 is 17.2 Å². The zero-order valence-corrected chi connectivity index (χ0v) is 10.6. The van der Waals surface area contributed by atoms with Crippen LogP contribution in [0.3, 0.4) is 0 Å². The van der Waals surface area contributed by atoms with Gasteiger partial charge >= 0.3 is 6.18 Å². The Morgan fingerprint density at radius 1 is 1.28 bits per heavy atom. The van der Waals surface area contributed by atoms with Crippen LogP contribution < -0.4 is 5.73 Å². The SMILES string of the molecule is NCCC1(c2c(Cl)cccc2C(F)(F)F)CCC1. The molecule has 0 aromatic heterocycles. The molecule has 18 heavy (non-hydrogen) atoms. The van der Waals surface area contributed by atoms with Crippen LogP contribution in [0, 0.1) is 0 Å². The number of halogens is 4. The predicted molar refractivity (Wildman–Crippen MR) is 65.7 cm³/mol. The van der Waals surface area contributed by atoms with Gasteiger partial charge in [0.15, 0.2) is 0 Å². The van der Waals surface area contributed by atoms with Crippen molar-refractivity contribution in [3.8, 4) is 0 Å². The van der Waals surface area contributed by atoms with E-state index in [0.29, 0.717) is 13.0 Å². The third-order valence-electron chi connectivity index (χ3n) is 3.78. The fourth-order valence-corrected chi connectivity index (χ4v) is 3.18. The van der Waals surface area contributed by atoms with Crippen LogP contribution in [0.15, 0.2) is 18.2 Å². The Kier molecular flexibility index (Phi) is 3.60. The van der Waals surface area contributed by atoms with Gasteiger partial charge in [-0.05, 0) is 48.9 Å². The zero-order chi connectivity index (χ0) is 13.4. The van der Waals surface area contributed by atoms with Gasteiger partial charge in [0.25, 0.3) is 0 Å². The molecule has 0 heterocycles. The minimum atomic E-state index is -4.36. The molecule has 1 aromatic carbocycles.